The lowest BCUT2D eigenvalue weighted by molar-refractivity contribution is 0.0341. The summed E-state index contributed by atoms with van der Waals surface area (Å²) in [6.45, 7) is 10.6. The number of nitrogens with one attached hydrogen (secondary N) is 1. The minimum Gasteiger partial charge on any atom is -0.493 e. The molecule has 0 radical (unpaired) electrons. The molecule has 8 nitrogen and oxygen atoms in total. The Hall–Kier alpha value is -3.53. The molecule has 1 aliphatic rings. The Morgan fingerprint density at radius 2 is 1.76 bits per heavy atom. The van der Waals surface area contributed by atoms with E-state index < -0.39 is 0 Å². The van der Waals surface area contributed by atoms with Gasteiger partial charge < -0.3 is 24.3 Å². The first-order valence-corrected chi connectivity index (χ1v) is 13.1. The molecule has 1 fully saturated rings. The number of carbonyl (C=O) groups is 1. The number of hydrogen-bond acceptors (Lipinski definition) is 8. The number of rotatable bonds is 10. The second kappa shape index (κ2) is 12.8. The van der Waals surface area contributed by atoms with Crippen molar-refractivity contribution in [1.29, 1.82) is 0 Å². The van der Waals surface area contributed by atoms with Crippen LogP contribution in [0.25, 0.3) is 4.91 Å². The van der Waals surface area contributed by atoms with E-state index in [0.717, 1.165) is 53.9 Å². The Kier molecular flexibility index (Phi) is 9.28. The van der Waals surface area contributed by atoms with E-state index in [1.807, 2.05) is 30.5 Å². The Labute approximate surface area is 227 Å². The van der Waals surface area contributed by atoms with Crippen molar-refractivity contribution in [2.75, 3.05) is 52.9 Å². The van der Waals surface area contributed by atoms with E-state index in [-0.39, 0.29) is 5.91 Å². The van der Waals surface area contributed by atoms with Gasteiger partial charge in [-0.05, 0) is 36.2 Å². The van der Waals surface area contributed by atoms with Crippen molar-refractivity contribution >= 4 is 28.3 Å². The molecule has 0 bridgehead atoms. The predicted octanol–water partition coefficient (Wildman–Crippen LogP) is 5.26. The molecule has 3 aromatic rings. The van der Waals surface area contributed by atoms with Gasteiger partial charge in [0.05, 0.1) is 34.5 Å². The number of thioether (sulfide) groups is 1. The van der Waals surface area contributed by atoms with E-state index in [4.69, 9.17) is 23.9 Å². The van der Waals surface area contributed by atoms with Gasteiger partial charge in [-0.2, -0.15) is 0 Å². The second-order valence-electron chi connectivity index (χ2n) is 8.79. The van der Waals surface area contributed by atoms with Crippen LogP contribution in [0.3, 0.4) is 0 Å². The molecule has 4 rings (SSSR count). The van der Waals surface area contributed by atoms with E-state index in [1.165, 1.54) is 38.7 Å². The molecule has 1 aromatic heterocycles. The quantitative estimate of drug-likeness (QED) is 0.352. The van der Waals surface area contributed by atoms with Crippen molar-refractivity contribution in [3.8, 4) is 17.2 Å². The average molecular weight is 536 g/mol. The monoisotopic (exact) mass is 535 g/mol. The fourth-order valence-corrected chi connectivity index (χ4v) is 5.09. The topological polar surface area (TPSA) is 82.2 Å². The Morgan fingerprint density at radius 1 is 1.08 bits per heavy atom. The van der Waals surface area contributed by atoms with Crippen molar-refractivity contribution in [2.24, 2.45) is 0 Å². The van der Waals surface area contributed by atoms with Gasteiger partial charge in [0, 0.05) is 47.6 Å². The molecule has 2 heterocycles. The molecule has 0 unspecified atom stereocenters. The van der Waals surface area contributed by atoms with Crippen molar-refractivity contribution in [2.45, 2.75) is 18.5 Å². The minimum atomic E-state index is -0.309. The fourth-order valence-electron chi connectivity index (χ4n) is 4.24. The number of pyridine rings is 1. The van der Waals surface area contributed by atoms with Crippen LogP contribution in [0.4, 0.5) is 5.69 Å². The van der Waals surface area contributed by atoms with Crippen LogP contribution in [-0.2, 0) is 11.3 Å². The van der Waals surface area contributed by atoms with Crippen molar-refractivity contribution in [3.05, 3.63) is 77.5 Å². The number of aryl methyl sites for hydroxylation is 1. The minimum absolute atomic E-state index is 0.309. The van der Waals surface area contributed by atoms with Crippen LogP contribution in [0.5, 0.6) is 17.2 Å². The van der Waals surface area contributed by atoms with Crippen LogP contribution in [0.1, 0.15) is 27.0 Å². The number of anilines is 1. The van der Waals surface area contributed by atoms with Crippen LogP contribution < -0.4 is 19.5 Å². The summed E-state index contributed by atoms with van der Waals surface area (Å²) in [7, 11) is 4.55. The van der Waals surface area contributed by atoms with E-state index in [2.05, 4.69) is 29.8 Å². The largest absolute Gasteiger partial charge is 0.493 e. The van der Waals surface area contributed by atoms with Gasteiger partial charge in [-0.3, -0.25) is 9.69 Å². The number of benzene rings is 2. The number of hydrogen-bond donors (Lipinski definition) is 1. The van der Waals surface area contributed by atoms with E-state index >= 15 is 0 Å². The van der Waals surface area contributed by atoms with Crippen molar-refractivity contribution < 1.29 is 23.7 Å². The highest BCUT2D eigenvalue weighted by molar-refractivity contribution is 8.08. The molecule has 2 aromatic carbocycles. The van der Waals surface area contributed by atoms with Gasteiger partial charge >= 0.3 is 0 Å². The van der Waals surface area contributed by atoms with Gasteiger partial charge in [-0.25, -0.2) is 4.98 Å². The SMILES string of the molecule is C=C(Sc1ncc(CN2CCOCC2)cc1C)c1ccccc1NC(=O)c1cc(OC)c(OC)c(OC)c1. The lowest BCUT2D eigenvalue weighted by Crippen LogP contribution is -2.35. The van der Waals surface area contributed by atoms with Crippen LogP contribution in [0, 0.1) is 6.92 Å². The number of carbonyl (C=O) groups excluding carboxylic acids is 1. The fraction of sp³-hybridized carbons (Fsp3) is 0.310. The summed E-state index contributed by atoms with van der Waals surface area (Å²) < 4.78 is 21.6. The van der Waals surface area contributed by atoms with E-state index in [0.29, 0.717) is 28.5 Å². The summed E-state index contributed by atoms with van der Waals surface area (Å²) in [6.07, 6.45) is 1.93. The Morgan fingerprint density at radius 3 is 2.39 bits per heavy atom. The van der Waals surface area contributed by atoms with Crippen LogP contribution in [0.15, 0.2) is 60.3 Å². The molecule has 1 amide bonds. The third-order valence-corrected chi connectivity index (χ3v) is 7.31. The number of nitrogens with zero attached hydrogens (tertiary/aromatic N) is 2. The predicted molar refractivity (Wildman–Crippen MR) is 150 cm³/mol. The standard InChI is InChI=1S/C29H33N3O5S/c1-19-14-21(18-32-10-12-37-13-11-32)17-30-29(19)38-20(2)23-8-6-7-9-24(23)31-28(33)22-15-25(34-3)27(36-5)26(16-22)35-4/h6-9,14-17H,2,10-13,18H2,1,3-5H3,(H,31,33). The molecule has 1 N–H and O–H groups in total. The molecular formula is C29H33N3O5S. The lowest BCUT2D eigenvalue weighted by atomic mass is 10.1. The summed E-state index contributed by atoms with van der Waals surface area (Å²) in [5.74, 6) is 0.930. The molecule has 0 aliphatic carbocycles. The maximum absolute atomic E-state index is 13.2. The molecule has 38 heavy (non-hydrogen) atoms. The normalized spacial score (nSPS) is 13.6. The van der Waals surface area contributed by atoms with Gasteiger partial charge in [0.15, 0.2) is 11.5 Å². The first-order chi connectivity index (χ1) is 18.4. The maximum atomic E-state index is 13.2. The number of morpholine rings is 1. The number of methoxy groups -OCH3 is 3. The maximum Gasteiger partial charge on any atom is 0.255 e. The van der Waals surface area contributed by atoms with Gasteiger partial charge in [0.25, 0.3) is 5.91 Å². The van der Waals surface area contributed by atoms with Crippen molar-refractivity contribution in [1.82, 2.24) is 9.88 Å². The summed E-state index contributed by atoms with van der Waals surface area (Å²) in [4.78, 5) is 21.1. The van der Waals surface area contributed by atoms with E-state index in [1.54, 1.807) is 12.1 Å². The number of para-hydroxylation sites is 1. The molecule has 1 saturated heterocycles. The summed E-state index contributed by atoms with van der Waals surface area (Å²) in [6, 6.07) is 13.0. The van der Waals surface area contributed by atoms with Gasteiger partial charge in [0.2, 0.25) is 5.75 Å². The summed E-state index contributed by atoms with van der Waals surface area (Å²) in [5, 5.41) is 3.88. The zero-order chi connectivity index (χ0) is 27.1. The van der Waals surface area contributed by atoms with Crippen LogP contribution in [0.2, 0.25) is 0 Å². The van der Waals surface area contributed by atoms with Crippen LogP contribution >= 0.6 is 11.8 Å². The highest BCUT2D eigenvalue weighted by Gasteiger charge is 2.19. The molecule has 0 atom stereocenters. The third kappa shape index (κ3) is 6.48. The number of ether oxygens (including phenoxy) is 4. The second-order valence-corrected chi connectivity index (χ2v) is 9.88. The number of amides is 1. The zero-order valence-electron chi connectivity index (χ0n) is 22.2. The summed E-state index contributed by atoms with van der Waals surface area (Å²) >= 11 is 1.49. The smallest absolute Gasteiger partial charge is 0.255 e. The lowest BCUT2D eigenvalue weighted by Gasteiger charge is -2.26. The molecule has 0 spiro atoms. The Bertz CT molecular complexity index is 1280. The average Bonchev–Trinajstić information content (AvgIpc) is 2.94. The summed E-state index contributed by atoms with van der Waals surface area (Å²) in [5.41, 5.74) is 4.10. The molecule has 200 valence electrons. The third-order valence-electron chi connectivity index (χ3n) is 6.22. The van der Waals surface area contributed by atoms with Crippen molar-refractivity contribution in [3.63, 3.8) is 0 Å². The highest BCUT2D eigenvalue weighted by Crippen LogP contribution is 2.39. The Balaban J connectivity index is 1.49. The van der Waals surface area contributed by atoms with Crippen LogP contribution in [-0.4, -0.2) is 63.4 Å². The molecular weight excluding hydrogens is 502 g/mol. The molecule has 9 heteroatoms. The highest BCUT2D eigenvalue weighted by atomic mass is 32.2. The molecule has 0 saturated carbocycles. The number of aromatic nitrogens is 1. The molecule has 1 aliphatic heterocycles. The zero-order valence-corrected chi connectivity index (χ0v) is 23.0. The first-order valence-electron chi connectivity index (χ1n) is 12.3. The van der Waals surface area contributed by atoms with Gasteiger partial charge in [-0.15, -0.1) is 0 Å². The van der Waals surface area contributed by atoms with E-state index in [9.17, 15) is 4.79 Å². The first kappa shape index (κ1) is 27.5. The van der Waals surface area contributed by atoms with Gasteiger partial charge in [0.1, 0.15) is 5.03 Å². The van der Waals surface area contributed by atoms with Gasteiger partial charge in [-0.1, -0.05) is 42.6 Å².